The van der Waals surface area contributed by atoms with Crippen LogP contribution in [0.3, 0.4) is 0 Å². The van der Waals surface area contributed by atoms with Gasteiger partial charge in [0.05, 0.1) is 4.90 Å². The van der Waals surface area contributed by atoms with Crippen molar-refractivity contribution in [2.45, 2.75) is 31.2 Å². The number of unbranched alkanes of at least 4 members (excludes halogenated alkanes) is 1. The Bertz CT molecular complexity index is 835. The largest absolute Gasteiger partial charge is 0.337 e. The Kier molecular flexibility index (Phi) is 6.60. The molecule has 0 saturated heterocycles. The van der Waals surface area contributed by atoms with E-state index in [4.69, 9.17) is 0 Å². The van der Waals surface area contributed by atoms with Gasteiger partial charge in [-0.25, -0.2) is 22.6 Å². The highest BCUT2D eigenvalue weighted by Crippen LogP contribution is 2.14. The molecule has 3 amide bonds. The standard InChI is InChI=1S/C14H19N7O4S/c1-2-3-8-15-14(23)18-26(24,25)12-6-4-11(5-7-12)17-13(22)9-21-10-16-19-20-21/h4-7,10H,2-3,8-9H2,1H3,(H,17,22)(H2,15,18,23). The molecule has 1 heterocycles. The summed E-state index contributed by atoms with van der Waals surface area (Å²) in [6.45, 7) is 2.27. The van der Waals surface area contributed by atoms with Crippen molar-refractivity contribution in [3.05, 3.63) is 30.6 Å². The van der Waals surface area contributed by atoms with Crippen LogP contribution in [0.15, 0.2) is 35.5 Å². The van der Waals surface area contributed by atoms with Crippen molar-refractivity contribution in [1.29, 1.82) is 0 Å². The van der Waals surface area contributed by atoms with Crippen LogP contribution in [0.4, 0.5) is 10.5 Å². The van der Waals surface area contributed by atoms with Gasteiger partial charge < -0.3 is 10.6 Å². The molecule has 2 aromatic rings. The monoisotopic (exact) mass is 381 g/mol. The van der Waals surface area contributed by atoms with E-state index in [-0.39, 0.29) is 17.3 Å². The van der Waals surface area contributed by atoms with Crippen LogP contribution < -0.4 is 15.4 Å². The normalized spacial score (nSPS) is 11.0. The summed E-state index contributed by atoms with van der Waals surface area (Å²) in [7, 11) is -3.99. The van der Waals surface area contributed by atoms with E-state index in [9.17, 15) is 18.0 Å². The number of amides is 3. The molecule has 0 bridgehead atoms. The van der Waals surface area contributed by atoms with Crippen LogP contribution in [-0.4, -0.2) is 47.1 Å². The molecule has 0 saturated carbocycles. The molecule has 0 fully saturated rings. The number of rotatable bonds is 8. The summed E-state index contributed by atoms with van der Waals surface area (Å²) in [5.41, 5.74) is 0.398. The summed E-state index contributed by atoms with van der Waals surface area (Å²) in [5, 5.41) is 15.4. The average Bonchev–Trinajstić information content (AvgIpc) is 3.08. The molecular formula is C14H19N7O4S. The second-order valence-corrected chi connectivity index (χ2v) is 6.98. The Labute approximate surface area is 150 Å². The predicted octanol–water partition coefficient (Wildman–Crippen LogP) is 0.0998. The number of tetrazole rings is 1. The second kappa shape index (κ2) is 8.89. The molecule has 11 nitrogen and oxygen atoms in total. The van der Waals surface area contributed by atoms with Crippen LogP contribution in [0, 0.1) is 0 Å². The van der Waals surface area contributed by atoms with Crippen molar-refractivity contribution in [1.82, 2.24) is 30.2 Å². The summed E-state index contributed by atoms with van der Waals surface area (Å²) in [6.07, 6.45) is 2.94. The third-order valence-electron chi connectivity index (χ3n) is 3.19. The first-order valence-corrected chi connectivity index (χ1v) is 9.30. The fourth-order valence-electron chi connectivity index (χ4n) is 1.91. The van der Waals surface area contributed by atoms with Gasteiger partial charge in [0, 0.05) is 12.2 Å². The van der Waals surface area contributed by atoms with Gasteiger partial charge in [-0.3, -0.25) is 4.79 Å². The van der Waals surface area contributed by atoms with Gasteiger partial charge in [0.15, 0.2) is 0 Å². The third-order valence-corrected chi connectivity index (χ3v) is 4.54. The molecule has 0 aliphatic rings. The molecule has 0 aliphatic heterocycles. The van der Waals surface area contributed by atoms with E-state index in [2.05, 4.69) is 26.2 Å². The molecule has 0 atom stereocenters. The Morgan fingerprint density at radius 3 is 2.54 bits per heavy atom. The van der Waals surface area contributed by atoms with Crippen LogP contribution in [0.25, 0.3) is 0 Å². The minimum absolute atomic E-state index is 0.0768. The van der Waals surface area contributed by atoms with E-state index in [1.165, 1.54) is 35.3 Å². The quantitative estimate of drug-likeness (QED) is 0.549. The number of benzene rings is 1. The maximum absolute atomic E-state index is 12.1. The number of hydrogen-bond acceptors (Lipinski definition) is 7. The van der Waals surface area contributed by atoms with Gasteiger partial charge in [-0.05, 0) is 41.1 Å². The second-order valence-electron chi connectivity index (χ2n) is 5.29. The van der Waals surface area contributed by atoms with Gasteiger partial charge in [0.2, 0.25) is 5.91 Å². The lowest BCUT2D eigenvalue weighted by atomic mass is 10.3. The third kappa shape index (κ3) is 5.81. The SMILES string of the molecule is CCCCNC(=O)NS(=O)(=O)c1ccc(NC(=O)Cn2cnnn2)cc1. The Morgan fingerprint density at radius 1 is 1.19 bits per heavy atom. The summed E-state index contributed by atoms with van der Waals surface area (Å²) < 4.78 is 27.4. The molecule has 140 valence electrons. The number of urea groups is 1. The lowest BCUT2D eigenvalue weighted by Crippen LogP contribution is -2.39. The smallest absolute Gasteiger partial charge is 0.328 e. The minimum atomic E-state index is -3.99. The first-order chi connectivity index (χ1) is 12.4. The molecule has 26 heavy (non-hydrogen) atoms. The highest BCUT2D eigenvalue weighted by Gasteiger charge is 2.17. The van der Waals surface area contributed by atoms with Crippen molar-refractivity contribution >= 4 is 27.6 Å². The molecule has 0 unspecified atom stereocenters. The zero-order valence-corrected chi connectivity index (χ0v) is 14.9. The molecule has 1 aromatic carbocycles. The highest BCUT2D eigenvalue weighted by atomic mass is 32.2. The van der Waals surface area contributed by atoms with E-state index in [0.29, 0.717) is 12.2 Å². The highest BCUT2D eigenvalue weighted by molar-refractivity contribution is 7.90. The molecular weight excluding hydrogens is 362 g/mol. The number of nitrogens with one attached hydrogen (secondary N) is 3. The summed E-state index contributed by atoms with van der Waals surface area (Å²) in [4.78, 5) is 23.3. The molecule has 0 radical (unpaired) electrons. The van der Waals surface area contributed by atoms with Crippen molar-refractivity contribution in [2.75, 3.05) is 11.9 Å². The lowest BCUT2D eigenvalue weighted by molar-refractivity contribution is -0.116. The topological polar surface area (TPSA) is 148 Å². The van der Waals surface area contributed by atoms with Gasteiger partial charge in [0.25, 0.3) is 10.0 Å². The predicted molar refractivity (Wildman–Crippen MR) is 91.5 cm³/mol. The summed E-state index contributed by atoms with van der Waals surface area (Å²) >= 11 is 0. The van der Waals surface area contributed by atoms with Crippen molar-refractivity contribution < 1.29 is 18.0 Å². The van der Waals surface area contributed by atoms with E-state index >= 15 is 0 Å². The van der Waals surface area contributed by atoms with Crippen molar-refractivity contribution in [3.63, 3.8) is 0 Å². The maximum atomic E-state index is 12.1. The van der Waals surface area contributed by atoms with Gasteiger partial charge in [-0.15, -0.1) is 5.10 Å². The molecule has 1 aromatic heterocycles. The minimum Gasteiger partial charge on any atom is -0.337 e. The summed E-state index contributed by atoms with van der Waals surface area (Å²) in [5.74, 6) is -0.374. The van der Waals surface area contributed by atoms with E-state index in [1.807, 2.05) is 11.6 Å². The van der Waals surface area contributed by atoms with Gasteiger partial charge in [0.1, 0.15) is 12.9 Å². The molecule has 0 aliphatic carbocycles. The van der Waals surface area contributed by atoms with Crippen LogP contribution in [0.5, 0.6) is 0 Å². The van der Waals surface area contributed by atoms with Crippen molar-refractivity contribution in [3.8, 4) is 0 Å². The van der Waals surface area contributed by atoms with E-state index < -0.39 is 16.1 Å². The Hall–Kier alpha value is -3.02. The molecule has 3 N–H and O–H groups in total. The maximum Gasteiger partial charge on any atom is 0.328 e. The molecule has 0 spiro atoms. The lowest BCUT2D eigenvalue weighted by Gasteiger charge is -2.09. The van der Waals surface area contributed by atoms with Gasteiger partial charge in [-0.2, -0.15) is 0 Å². The Morgan fingerprint density at radius 2 is 1.92 bits per heavy atom. The first-order valence-electron chi connectivity index (χ1n) is 7.82. The van der Waals surface area contributed by atoms with Crippen LogP contribution in [0.2, 0.25) is 0 Å². The number of hydrogen-bond donors (Lipinski definition) is 3. The Balaban J connectivity index is 1.92. The van der Waals surface area contributed by atoms with Crippen LogP contribution >= 0.6 is 0 Å². The zero-order chi connectivity index (χ0) is 19.0. The van der Waals surface area contributed by atoms with E-state index in [1.54, 1.807) is 0 Å². The number of carbonyl (C=O) groups excluding carboxylic acids is 2. The number of anilines is 1. The van der Waals surface area contributed by atoms with E-state index in [0.717, 1.165) is 12.8 Å². The van der Waals surface area contributed by atoms with Crippen molar-refractivity contribution in [2.24, 2.45) is 0 Å². The van der Waals surface area contributed by atoms with Gasteiger partial charge in [-0.1, -0.05) is 13.3 Å². The van der Waals surface area contributed by atoms with Crippen LogP contribution in [-0.2, 0) is 21.4 Å². The first kappa shape index (κ1) is 19.3. The summed E-state index contributed by atoms with van der Waals surface area (Å²) in [6, 6.07) is 4.63. The fourth-order valence-corrected chi connectivity index (χ4v) is 2.84. The molecule has 2 rings (SSSR count). The number of aromatic nitrogens is 4. The average molecular weight is 381 g/mol. The fraction of sp³-hybridized carbons (Fsp3) is 0.357. The molecule has 12 heteroatoms. The number of carbonyl (C=O) groups is 2. The number of nitrogens with zero attached hydrogens (tertiary/aromatic N) is 4. The van der Waals surface area contributed by atoms with Gasteiger partial charge >= 0.3 is 6.03 Å². The number of sulfonamides is 1. The van der Waals surface area contributed by atoms with Crippen LogP contribution in [0.1, 0.15) is 19.8 Å². The zero-order valence-electron chi connectivity index (χ0n) is 14.0.